The van der Waals surface area contributed by atoms with Crippen molar-refractivity contribution in [2.75, 3.05) is 39.8 Å². The molecule has 0 amide bonds. The Kier molecular flexibility index (Phi) is 12.5. The van der Waals surface area contributed by atoms with Gasteiger partial charge in [-0.3, -0.25) is 14.8 Å². The van der Waals surface area contributed by atoms with Crippen molar-refractivity contribution in [3.8, 4) is 0 Å². The second-order valence-electron chi connectivity index (χ2n) is 8.12. The van der Waals surface area contributed by atoms with Crippen LogP contribution in [0.4, 0.5) is 0 Å². The maximum Gasteiger partial charge on any atom is 0.191 e. The first kappa shape index (κ1) is 25.9. The van der Waals surface area contributed by atoms with E-state index in [2.05, 4.69) is 85.2 Å². The standard InChI is InChI=1S/C23H39N5.HI/c1-6-24-23(26-22-12-14-28(15-13-22)17-19(2)3)25-16-20(4)27(5)18-21-10-8-7-9-11-21;/h7-11,20,22H,2,6,12-18H2,1,3-5H3,(H2,24,25,26);1H. The molecule has 1 aliphatic rings. The molecule has 1 unspecified atom stereocenters. The van der Waals surface area contributed by atoms with Gasteiger partial charge in [-0.1, -0.05) is 42.5 Å². The van der Waals surface area contributed by atoms with Gasteiger partial charge < -0.3 is 10.6 Å². The van der Waals surface area contributed by atoms with Crippen LogP contribution in [0.15, 0.2) is 47.5 Å². The van der Waals surface area contributed by atoms with Gasteiger partial charge in [0, 0.05) is 44.8 Å². The second-order valence-corrected chi connectivity index (χ2v) is 8.12. The predicted octanol–water partition coefficient (Wildman–Crippen LogP) is 3.72. The molecule has 1 atom stereocenters. The molecule has 2 N–H and O–H groups in total. The molecule has 1 fully saturated rings. The first-order chi connectivity index (χ1) is 13.5. The van der Waals surface area contributed by atoms with E-state index in [1.807, 2.05) is 0 Å². The van der Waals surface area contributed by atoms with E-state index in [4.69, 9.17) is 4.99 Å². The van der Waals surface area contributed by atoms with Crippen molar-refractivity contribution in [1.82, 2.24) is 20.4 Å². The quantitative estimate of drug-likeness (QED) is 0.229. The lowest BCUT2D eigenvalue weighted by molar-refractivity contribution is 0.220. The molecule has 1 aromatic carbocycles. The molecule has 1 saturated heterocycles. The number of piperidine rings is 1. The average Bonchev–Trinajstić information content (AvgIpc) is 2.68. The van der Waals surface area contributed by atoms with Gasteiger partial charge in [0.25, 0.3) is 0 Å². The first-order valence-corrected chi connectivity index (χ1v) is 10.6. The maximum absolute atomic E-state index is 4.86. The summed E-state index contributed by atoms with van der Waals surface area (Å²) >= 11 is 0. The van der Waals surface area contributed by atoms with Gasteiger partial charge in [-0.2, -0.15) is 0 Å². The van der Waals surface area contributed by atoms with Gasteiger partial charge in [-0.15, -0.1) is 24.0 Å². The summed E-state index contributed by atoms with van der Waals surface area (Å²) in [7, 11) is 2.17. The summed E-state index contributed by atoms with van der Waals surface area (Å²) in [5.74, 6) is 0.945. The van der Waals surface area contributed by atoms with Crippen LogP contribution in [0.2, 0.25) is 0 Å². The van der Waals surface area contributed by atoms with Gasteiger partial charge in [0.1, 0.15) is 0 Å². The Bertz CT molecular complexity index is 611. The molecule has 0 radical (unpaired) electrons. The fourth-order valence-corrected chi connectivity index (χ4v) is 3.52. The fraction of sp³-hybridized carbons (Fsp3) is 0.609. The van der Waals surface area contributed by atoms with Gasteiger partial charge in [0.15, 0.2) is 5.96 Å². The molecule has 0 bridgehead atoms. The third-order valence-corrected chi connectivity index (χ3v) is 5.31. The van der Waals surface area contributed by atoms with E-state index in [0.29, 0.717) is 12.1 Å². The Morgan fingerprint density at radius 3 is 2.52 bits per heavy atom. The molecular formula is C23H40IN5. The Hall–Kier alpha value is -1.12. The van der Waals surface area contributed by atoms with Crippen molar-refractivity contribution in [2.45, 2.75) is 52.2 Å². The highest BCUT2D eigenvalue weighted by Crippen LogP contribution is 2.11. The maximum atomic E-state index is 4.86. The normalized spacial score (nSPS) is 16.9. The number of likely N-dealkylation sites (N-methyl/N-ethyl adjacent to an activating group) is 1. The number of halogens is 1. The van der Waals surface area contributed by atoms with Crippen molar-refractivity contribution in [1.29, 1.82) is 0 Å². The Morgan fingerprint density at radius 1 is 1.28 bits per heavy atom. The number of guanidine groups is 1. The lowest BCUT2D eigenvalue weighted by atomic mass is 10.0. The van der Waals surface area contributed by atoms with Crippen molar-refractivity contribution >= 4 is 29.9 Å². The van der Waals surface area contributed by atoms with E-state index in [0.717, 1.165) is 58.1 Å². The zero-order valence-electron chi connectivity index (χ0n) is 18.7. The summed E-state index contributed by atoms with van der Waals surface area (Å²) in [4.78, 5) is 9.71. The molecule has 164 valence electrons. The fourth-order valence-electron chi connectivity index (χ4n) is 3.52. The van der Waals surface area contributed by atoms with Crippen LogP contribution in [-0.2, 0) is 6.54 Å². The summed E-state index contributed by atoms with van der Waals surface area (Å²) in [6.07, 6.45) is 2.31. The van der Waals surface area contributed by atoms with Crippen LogP contribution in [0.25, 0.3) is 0 Å². The first-order valence-electron chi connectivity index (χ1n) is 10.6. The number of likely N-dealkylation sites (tertiary alicyclic amines) is 1. The average molecular weight is 514 g/mol. The summed E-state index contributed by atoms with van der Waals surface area (Å²) in [6, 6.07) is 11.5. The highest BCUT2D eigenvalue weighted by Gasteiger charge is 2.20. The molecule has 0 aliphatic carbocycles. The van der Waals surface area contributed by atoms with Crippen LogP contribution in [-0.4, -0.2) is 67.6 Å². The molecule has 0 aromatic heterocycles. The lowest BCUT2D eigenvalue weighted by Gasteiger charge is -2.33. The van der Waals surface area contributed by atoms with Crippen molar-refractivity contribution < 1.29 is 0 Å². The number of hydrogen-bond acceptors (Lipinski definition) is 3. The zero-order valence-corrected chi connectivity index (χ0v) is 21.0. The lowest BCUT2D eigenvalue weighted by Crippen LogP contribution is -2.49. The molecule has 0 saturated carbocycles. The smallest absolute Gasteiger partial charge is 0.191 e. The molecule has 1 aliphatic heterocycles. The zero-order chi connectivity index (χ0) is 20.4. The number of nitrogens with one attached hydrogen (secondary N) is 2. The summed E-state index contributed by atoms with van der Waals surface area (Å²) < 4.78 is 0. The van der Waals surface area contributed by atoms with Gasteiger partial charge in [0.2, 0.25) is 0 Å². The second kappa shape index (κ2) is 14.0. The van der Waals surface area contributed by atoms with Crippen molar-refractivity contribution in [2.24, 2.45) is 4.99 Å². The monoisotopic (exact) mass is 513 g/mol. The summed E-state index contributed by atoms with van der Waals surface area (Å²) in [5, 5.41) is 7.06. The van der Waals surface area contributed by atoms with Crippen LogP contribution < -0.4 is 10.6 Å². The van der Waals surface area contributed by atoms with E-state index in [-0.39, 0.29) is 24.0 Å². The number of hydrogen-bond donors (Lipinski definition) is 2. The molecule has 29 heavy (non-hydrogen) atoms. The SMILES string of the molecule is C=C(C)CN1CCC(NC(=NCC(C)N(C)Cc2ccccc2)NCC)CC1.I. The molecule has 5 nitrogen and oxygen atoms in total. The predicted molar refractivity (Wildman–Crippen MR) is 136 cm³/mol. The number of nitrogens with zero attached hydrogens (tertiary/aromatic N) is 3. The minimum absolute atomic E-state index is 0. The van der Waals surface area contributed by atoms with Crippen LogP contribution in [0.1, 0.15) is 39.2 Å². The molecule has 1 heterocycles. The molecule has 6 heteroatoms. The van der Waals surface area contributed by atoms with Gasteiger partial charge >= 0.3 is 0 Å². The van der Waals surface area contributed by atoms with Crippen molar-refractivity contribution in [3.05, 3.63) is 48.0 Å². The van der Waals surface area contributed by atoms with Crippen LogP contribution >= 0.6 is 24.0 Å². The third kappa shape index (κ3) is 9.96. The van der Waals surface area contributed by atoms with E-state index in [1.54, 1.807) is 0 Å². The summed E-state index contributed by atoms with van der Waals surface area (Å²) in [6.45, 7) is 16.4. The number of benzene rings is 1. The molecule has 2 rings (SSSR count). The van der Waals surface area contributed by atoms with Gasteiger partial charge in [0.05, 0.1) is 6.54 Å². The Morgan fingerprint density at radius 2 is 1.93 bits per heavy atom. The number of aliphatic imine (C=N–C) groups is 1. The Labute approximate surface area is 195 Å². The van der Waals surface area contributed by atoms with E-state index in [9.17, 15) is 0 Å². The Balaban J connectivity index is 0.00000420. The minimum Gasteiger partial charge on any atom is -0.357 e. The summed E-state index contributed by atoms with van der Waals surface area (Å²) in [5.41, 5.74) is 2.59. The highest BCUT2D eigenvalue weighted by atomic mass is 127. The van der Waals surface area contributed by atoms with Crippen LogP contribution in [0.5, 0.6) is 0 Å². The van der Waals surface area contributed by atoms with E-state index >= 15 is 0 Å². The number of rotatable bonds is 9. The van der Waals surface area contributed by atoms with E-state index in [1.165, 1.54) is 11.1 Å². The van der Waals surface area contributed by atoms with Crippen LogP contribution in [0.3, 0.4) is 0 Å². The third-order valence-electron chi connectivity index (χ3n) is 5.31. The largest absolute Gasteiger partial charge is 0.357 e. The van der Waals surface area contributed by atoms with Gasteiger partial charge in [-0.05, 0) is 46.2 Å². The highest BCUT2D eigenvalue weighted by molar-refractivity contribution is 14.0. The van der Waals surface area contributed by atoms with E-state index < -0.39 is 0 Å². The molecule has 0 spiro atoms. The topological polar surface area (TPSA) is 42.9 Å². The molecular weight excluding hydrogens is 473 g/mol. The van der Waals surface area contributed by atoms with Crippen LogP contribution in [0, 0.1) is 0 Å². The van der Waals surface area contributed by atoms with Gasteiger partial charge in [-0.25, -0.2) is 0 Å². The molecule has 1 aromatic rings. The minimum atomic E-state index is 0. The van der Waals surface area contributed by atoms with Crippen molar-refractivity contribution in [3.63, 3.8) is 0 Å².